The van der Waals surface area contributed by atoms with Crippen molar-refractivity contribution in [1.29, 1.82) is 0 Å². The van der Waals surface area contributed by atoms with E-state index in [1.54, 1.807) is 11.1 Å². The lowest BCUT2D eigenvalue weighted by Crippen LogP contribution is -2.45. The Morgan fingerprint density at radius 1 is 0.905 bits per heavy atom. The molecule has 2 fully saturated rings. The summed E-state index contributed by atoms with van der Waals surface area (Å²) < 4.78 is 0. The molecule has 1 aromatic rings. The van der Waals surface area contributed by atoms with Crippen LogP contribution in [0.2, 0.25) is 0 Å². The Morgan fingerprint density at radius 2 is 1.67 bits per heavy atom. The predicted octanol–water partition coefficient (Wildman–Crippen LogP) is 3.01. The fourth-order valence-corrected chi connectivity index (χ4v) is 4.33. The minimum Gasteiger partial charge on any atom is -0.317 e. The number of aryl methyl sites for hydroxylation is 1. The van der Waals surface area contributed by atoms with E-state index in [9.17, 15) is 0 Å². The fourth-order valence-electron chi connectivity index (χ4n) is 4.33. The Kier molecular flexibility index (Phi) is 4.00. The molecule has 2 aliphatic carbocycles. The Balaban J connectivity index is 1.45. The van der Waals surface area contributed by atoms with Crippen LogP contribution < -0.4 is 5.32 Å². The number of piperidine rings is 1. The first-order chi connectivity index (χ1) is 10.4. The fraction of sp³-hybridized carbons (Fsp3) is 0.684. The molecule has 2 nitrogen and oxygen atoms in total. The minimum absolute atomic E-state index is 0.808. The van der Waals surface area contributed by atoms with E-state index >= 15 is 0 Å². The van der Waals surface area contributed by atoms with E-state index in [1.807, 2.05) is 0 Å². The van der Waals surface area contributed by atoms with Gasteiger partial charge in [0.2, 0.25) is 0 Å². The van der Waals surface area contributed by atoms with Gasteiger partial charge in [-0.1, -0.05) is 24.3 Å². The normalized spacial score (nSPS) is 26.8. The van der Waals surface area contributed by atoms with Crippen LogP contribution in [0.25, 0.3) is 0 Å². The van der Waals surface area contributed by atoms with Gasteiger partial charge in [-0.25, -0.2) is 0 Å². The topological polar surface area (TPSA) is 15.3 Å². The Morgan fingerprint density at radius 3 is 2.43 bits per heavy atom. The molecule has 1 aliphatic heterocycles. The zero-order chi connectivity index (χ0) is 14.1. The van der Waals surface area contributed by atoms with Crippen LogP contribution in [-0.2, 0) is 12.8 Å². The number of rotatable bonds is 4. The number of nitrogens with zero attached hydrogens (tertiary/aromatic N) is 1. The van der Waals surface area contributed by atoms with Crippen molar-refractivity contribution >= 4 is 0 Å². The second kappa shape index (κ2) is 6.10. The van der Waals surface area contributed by atoms with Crippen molar-refractivity contribution in [2.75, 3.05) is 19.6 Å². The SMILES string of the molecule is c1ccc2c(c1)CCC(N(CC1CCNCC1)C1CC1)C2. The number of nitrogens with one attached hydrogen (secondary N) is 1. The molecule has 0 radical (unpaired) electrons. The maximum absolute atomic E-state index is 3.51. The third kappa shape index (κ3) is 3.17. The van der Waals surface area contributed by atoms with Crippen molar-refractivity contribution in [1.82, 2.24) is 10.2 Å². The minimum atomic E-state index is 0.808. The van der Waals surface area contributed by atoms with Gasteiger partial charge in [0.25, 0.3) is 0 Å². The molecule has 4 rings (SSSR count). The Hall–Kier alpha value is -0.860. The van der Waals surface area contributed by atoms with Crippen LogP contribution in [0, 0.1) is 5.92 Å². The van der Waals surface area contributed by atoms with E-state index in [2.05, 4.69) is 34.5 Å². The van der Waals surface area contributed by atoms with Crippen LogP contribution in [0.5, 0.6) is 0 Å². The quantitative estimate of drug-likeness (QED) is 0.914. The van der Waals surface area contributed by atoms with E-state index in [4.69, 9.17) is 0 Å². The van der Waals surface area contributed by atoms with Crippen molar-refractivity contribution in [3.05, 3.63) is 35.4 Å². The van der Waals surface area contributed by atoms with E-state index in [0.717, 1.165) is 18.0 Å². The van der Waals surface area contributed by atoms with E-state index in [-0.39, 0.29) is 0 Å². The summed E-state index contributed by atoms with van der Waals surface area (Å²) in [5.74, 6) is 0.934. The van der Waals surface area contributed by atoms with Crippen molar-refractivity contribution in [3.63, 3.8) is 0 Å². The van der Waals surface area contributed by atoms with E-state index in [0.29, 0.717) is 0 Å². The summed E-state index contributed by atoms with van der Waals surface area (Å²) in [6.45, 7) is 3.83. The molecule has 1 aromatic carbocycles. The van der Waals surface area contributed by atoms with Gasteiger partial charge in [0, 0.05) is 18.6 Å². The van der Waals surface area contributed by atoms with Crippen LogP contribution >= 0.6 is 0 Å². The Bertz CT molecular complexity index is 474. The van der Waals surface area contributed by atoms with Crippen molar-refractivity contribution < 1.29 is 0 Å². The van der Waals surface area contributed by atoms with Crippen LogP contribution in [-0.4, -0.2) is 36.6 Å². The smallest absolute Gasteiger partial charge is 0.0142 e. The van der Waals surface area contributed by atoms with Crippen LogP contribution in [0.3, 0.4) is 0 Å². The molecule has 0 amide bonds. The molecule has 0 bridgehead atoms. The highest BCUT2D eigenvalue weighted by molar-refractivity contribution is 5.30. The van der Waals surface area contributed by atoms with Crippen molar-refractivity contribution in [3.8, 4) is 0 Å². The molecule has 1 atom stereocenters. The average Bonchev–Trinajstić information content (AvgIpc) is 3.38. The van der Waals surface area contributed by atoms with Gasteiger partial charge in [0.1, 0.15) is 0 Å². The lowest BCUT2D eigenvalue weighted by atomic mass is 9.86. The van der Waals surface area contributed by atoms with Gasteiger partial charge >= 0.3 is 0 Å². The second-order valence-electron chi connectivity index (χ2n) is 7.29. The zero-order valence-corrected chi connectivity index (χ0v) is 13.1. The summed E-state index contributed by atoms with van der Waals surface area (Å²) in [7, 11) is 0. The van der Waals surface area contributed by atoms with Gasteiger partial charge in [-0.2, -0.15) is 0 Å². The highest BCUT2D eigenvalue weighted by atomic mass is 15.2. The molecule has 1 heterocycles. The zero-order valence-electron chi connectivity index (χ0n) is 13.1. The summed E-state index contributed by atoms with van der Waals surface area (Å²) in [5, 5.41) is 3.51. The van der Waals surface area contributed by atoms with Gasteiger partial charge < -0.3 is 5.32 Å². The molecular formula is C19H28N2. The maximum atomic E-state index is 3.51. The van der Waals surface area contributed by atoms with Crippen LogP contribution in [0.1, 0.15) is 43.2 Å². The molecule has 1 unspecified atom stereocenters. The molecule has 21 heavy (non-hydrogen) atoms. The van der Waals surface area contributed by atoms with E-state index < -0.39 is 0 Å². The molecule has 3 aliphatic rings. The number of hydrogen-bond donors (Lipinski definition) is 1. The molecule has 114 valence electrons. The second-order valence-corrected chi connectivity index (χ2v) is 7.29. The van der Waals surface area contributed by atoms with Gasteiger partial charge in [-0.15, -0.1) is 0 Å². The average molecular weight is 284 g/mol. The van der Waals surface area contributed by atoms with Gasteiger partial charge in [0.05, 0.1) is 0 Å². The Labute approximate surface area is 128 Å². The summed E-state index contributed by atoms with van der Waals surface area (Å²) >= 11 is 0. The standard InChI is InChI=1S/C19H28N2/c1-2-4-17-13-19(6-5-16(17)3-1)21(18-7-8-18)14-15-9-11-20-12-10-15/h1-4,15,18-20H,5-14H2. The number of hydrogen-bond acceptors (Lipinski definition) is 2. The first kappa shape index (κ1) is 13.8. The number of fused-ring (bicyclic) bond motifs is 1. The van der Waals surface area contributed by atoms with Crippen LogP contribution in [0.15, 0.2) is 24.3 Å². The van der Waals surface area contributed by atoms with Gasteiger partial charge in [-0.3, -0.25) is 4.90 Å². The van der Waals surface area contributed by atoms with Gasteiger partial charge in [-0.05, 0) is 75.1 Å². The first-order valence-electron chi connectivity index (χ1n) is 8.93. The van der Waals surface area contributed by atoms with Gasteiger partial charge in [0.15, 0.2) is 0 Å². The summed E-state index contributed by atoms with van der Waals surface area (Å²) in [4.78, 5) is 2.91. The largest absolute Gasteiger partial charge is 0.317 e. The maximum Gasteiger partial charge on any atom is 0.0142 e. The molecule has 0 spiro atoms. The molecule has 2 heteroatoms. The highest BCUT2D eigenvalue weighted by Gasteiger charge is 2.36. The summed E-state index contributed by atoms with van der Waals surface area (Å²) in [6, 6.07) is 10.8. The highest BCUT2D eigenvalue weighted by Crippen LogP contribution is 2.35. The van der Waals surface area contributed by atoms with Crippen molar-refractivity contribution in [2.45, 2.75) is 57.0 Å². The molecule has 1 saturated carbocycles. The summed E-state index contributed by atoms with van der Waals surface area (Å²) in [6.07, 6.45) is 9.61. The third-order valence-electron chi connectivity index (χ3n) is 5.73. The third-order valence-corrected chi connectivity index (χ3v) is 5.73. The van der Waals surface area contributed by atoms with E-state index in [1.165, 1.54) is 64.6 Å². The van der Waals surface area contributed by atoms with Crippen molar-refractivity contribution in [2.24, 2.45) is 5.92 Å². The monoisotopic (exact) mass is 284 g/mol. The molecular weight excluding hydrogens is 256 g/mol. The first-order valence-corrected chi connectivity index (χ1v) is 8.93. The van der Waals surface area contributed by atoms with Crippen LogP contribution in [0.4, 0.5) is 0 Å². The predicted molar refractivity (Wildman–Crippen MR) is 87.6 cm³/mol. The molecule has 1 N–H and O–H groups in total. The lowest BCUT2D eigenvalue weighted by Gasteiger charge is -2.38. The molecule has 0 aromatic heterocycles. The summed E-state index contributed by atoms with van der Waals surface area (Å²) in [5.41, 5.74) is 3.22. The molecule has 1 saturated heterocycles. The lowest BCUT2D eigenvalue weighted by molar-refractivity contribution is 0.131. The number of benzene rings is 1.